The van der Waals surface area contributed by atoms with Gasteiger partial charge in [0, 0.05) is 11.5 Å². The Labute approximate surface area is 260 Å². The Morgan fingerprint density at radius 1 is 0.909 bits per heavy atom. The van der Waals surface area contributed by atoms with Crippen LogP contribution in [0.5, 0.6) is 5.75 Å². The van der Waals surface area contributed by atoms with E-state index in [0.717, 1.165) is 38.8 Å². The van der Waals surface area contributed by atoms with E-state index in [2.05, 4.69) is 50.2 Å². The molecule has 0 bridgehead atoms. The molecule has 0 aliphatic carbocycles. The zero-order valence-electron chi connectivity index (χ0n) is 26.8. The van der Waals surface area contributed by atoms with Crippen molar-refractivity contribution in [3.63, 3.8) is 0 Å². The smallest absolute Gasteiger partial charge is 0.410 e. The number of hydrogen-bond acceptors (Lipinski definition) is 5. The van der Waals surface area contributed by atoms with Crippen LogP contribution in [0.25, 0.3) is 10.8 Å². The summed E-state index contributed by atoms with van der Waals surface area (Å²) in [5.74, 6) is 0.574. The predicted molar refractivity (Wildman–Crippen MR) is 174 cm³/mol. The molecule has 1 heterocycles. The second kappa shape index (κ2) is 12.7. The first-order chi connectivity index (χ1) is 21.0. The number of carbonyl (C=O) groups is 2. The summed E-state index contributed by atoms with van der Waals surface area (Å²) in [6.07, 6.45) is -0.0716. The van der Waals surface area contributed by atoms with Crippen molar-refractivity contribution >= 4 is 22.8 Å². The van der Waals surface area contributed by atoms with Gasteiger partial charge in [0.2, 0.25) is 0 Å². The van der Waals surface area contributed by atoms with Crippen LogP contribution in [-0.2, 0) is 9.47 Å². The number of benzene rings is 4. The Hall–Kier alpha value is -4.32. The SMILES string of the molecule is COC(=O)c1cc(C2CC(CN(C(=O)OC(C)(C)C)C(C)c3cccc4ccccc34)Oc3ccccc32)ccc1C(C)C. The molecule has 4 aromatic carbocycles. The molecule has 6 heteroatoms. The van der Waals surface area contributed by atoms with E-state index in [-0.39, 0.29) is 36.0 Å². The largest absolute Gasteiger partial charge is 0.488 e. The van der Waals surface area contributed by atoms with Crippen LogP contribution in [0.4, 0.5) is 4.79 Å². The molecular formula is C38H43NO5. The van der Waals surface area contributed by atoms with Gasteiger partial charge >= 0.3 is 12.1 Å². The second-order valence-corrected chi connectivity index (χ2v) is 12.9. The fourth-order valence-electron chi connectivity index (χ4n) is 6.21. The number of esters is 1. The maximum absolute atomic E-state index is 13.8. The Balaban J connectivity index is 1.53. The number of fused-ring (bicyclic) bond motifs is 2. The molecular weight excluding hydrogens is 550 g/mol. The van der Waals surface area contributed by atoms with Crippen LogP contribution >= 0.6 is 0 Å². The zero-order chi connectivity index (χ0) is 31.6. The minimum atomic E-state index is -0.654. The minimum Gasteiger partial charge on any atom is -0.488 e. The van der Waals surface area contributed by atoms with E-state index in [4.69, 9.17) is 14.2 Å². The van der Waals surface area contributed by atoms with Crippen LogP contribution in [-0.4, -0.2) is 42.3 Å². The fourth-order valence-corrected chi connectivity index (χ4v) is 6.21. The van der Waals surface area contributed by atoms with Crippen molar-refractivity contribution in [3.05, 3.63) is 113 Å². The van der Waals surface area contributed by atoms with E-state index < -0.39 is 5.60 Å². The van der Waals surface area contributed by atoms with Crippen LogP contribution < -0.4 is 4.74 Å². The molecule has 3 atom stereocenters. The third kappa shape index (κ3) is 6.59. The number of nitrogens with zero attached hydrogens (tertiary/aromatic N) is 1. The van der Waals surface area contributed by atoms with E-state index in [1.807, 2.05) is 76.2 Å². The average Bonchev–Trinajstić information content (AvgIpc) is 3.01. The van der Waals surface area contributed by atoms with Gasteiger partial charge in [0.25, 0.3) is 0 Å². The van der Waals surface area contributed by atoms with E-state index in [9.17, 15) is 9.59 Å². The van der Waals surface area contributed by atoms with Gasteiger partial charge in [-0.15, -0.1) is 0 Å². The number of methoxy groups -OCH3 is 1. The lowest BCUT2D eigenvalue weighted by atomic mass is 9.82. The molecule has 0 saturated carbocycles. The number of hydrogen-bond donors (Lipinski definition) is 0. The van der Waals surface area contributed by atoms with Crippen molar-refractivity contribution in [2.75, 3.05) is 13.7 Å². The van der Waals surface area contributed by atoms with E-state index >= 15 is 0 Å². The number of carbonyl (C=O) groups excluding carboxylic acids is 2. The van der Waals surface area contributed by atoms with Gasteiger partial charge in [-0.1, -0.05) is 86.6 Å². The third-order valence-corrected chi connectivity index (χ3v) is 8.36. The summed E-state index contributed by atoms with van der Waals surface area (Å²) in [5, 5.41) is 2.22. The van der Waals surface area contributed by atoms with Gasteiger partial charge < -0.3 is 14.2 Å². The third-order valence-electron chi connectivity index (χ3n) is 8.36. The number of ether oxygens (including phenoxy) is 3. The molecule has 1 amide bonds. The van der Waals surface area contributed by atoms with Gasteiger partial charge in [0.1, 0.15) is 17.5 Å². The monoisotopic (exact) mass is 593 g/mol. The molecule has 0 saturated heterocycles. The Kier molecular flexibility index (Phi) is 9.00. The highest BCUT2D eigenvalue weighted by molar-refractivity contribution is 5.91. The maximum Gasteiger partial charge on any atom is 0.410 e. The summed E-state index contributed by atoms with van der Waals surface area (Å²) in [5.41, 5.74) is 4.01. The van der Waals surface area contributed by atoms with Gasteiger partial charge in [-0.25, -0.2) is 9.59 Å². The topological polar surface area (TPSA) is 65.1 Å². The number of para-hydroxylation sites is 1. The van der Waals surface area contributed by atoms with E-state index in [1.165, 1.54) is 7.11 Å². The van der Waals surface area contributed by atoms with Gasteiger partial charge in [0.05, 0.1) is 25.3 Å². The first kappa shape index (κ1) is 31.1. The van der Waals surface area contributed by atoms with Crippen LogP contribution in [0.2, 0.25) is 0 Å². The quantitative estimate of drug-likeness (QED) is 0.200. The molecule has 1 aliphatic rings. The van der Waals surface area contributed by atoms with Crippen molar-refractivity contribution in [3.8, 4) is 5.75 Å². The Morgan fingerprint density at radius 2 is 1.61 bits per heavy atom. The lowest BCUT2D eigenvalue weighted by Gasteiger charge is -2.38. The van der Waals surface area contributed by atoms with Crippen molar-refractivity contribution in [1.29, 1.82) is 0 Å². The predicted octanol–water partition coefficient (Wildman–Crippen LogP) is 9.03. The van der Waals surface area contributed by atoms with Gasteiger partial charge in [-0.05, 0) is 79.6 Å². The van der Waals surface area contributed by atoms with Gasteiger partial charge in [-0.2, -0.15) is 0 Å². The zero-order valence-corrected chi connectivity index (χ0v) is 26.8. The molecule has 0 aromatic heterocycles. The molecule has 0 spiro atoms. The molecule has 230 valence electrons. The average molecular weight is 594 g/mol. The van der Waals surface area contributed by atoms with Crippen LogP contribution in [0.1, 0.15) is 98.5 Å². The number of amides is 1. The van der Waals surface area contributed by atoms with Crippen LogP contribution in [0, 0.1) is 0 Å². The Bertz CT molecular complexity index is 1650. The Morgan fingerprint density at radius 3 is 2.34 bits per heavy atom. The summed E-state index contributed by atoms with van der Waals surface area (Å²) < 4.78 is 17.7. The van der Waals surface area contributed by atoms with Crippen molar-refractivity contribution in [2.24, 2.45) is 0 Å². The van der Waals surface area contributed by atoms with Crippen molar-refractivity contribution in [2.45, 2.75) is 77.5 Å². The molecule has 44 heavy (non-hydrogen) atoms. The molecule has 4 aromatic rings. The molecule has 0 radical (unpaired) electrons. The maximum atomic E-state index is 13.8. The van der Waals surface area contributed by atoms with Gasteiger partial charge in [0.15, 0.2) is 0 Å². The van der Waals surface area contributed by atoms with Crippen LogP contribution in [0.15, 0.2) is 84.9 Å². The van der Waals surface area contributed by atoms with E-state index in [0.29, 0.717) is 18.5 Å². The first-order valence-electron chi connectivity index (χ1n) is 15.4. The molecule has 5 rings (SSSR count). The highest BCUT2D eigenvalue weighted by Gasteiger charge is 2.35. The van der Waals surface area contributed by atoms with Crippen molar-refractivity contribution < 1.29 is 23.8 Å². The second-order valence-electron chi connectivity index (χ2n) is 12.9. The van der Waals surface area contributed by atoms with Gasteiger partial charge in [-0.3, -0.25) is 4.90 Å². The lowest BCUT2D eigenvalue weighted by molar-refractivity contribution is 0.00569. The first-order valence-corrected chi connectivity index (χ1v) is 15.4. The van der Waals surface area contributed by atoms with Crippen molar-refractivity contribution in [1.82, 2.24) is 4.90 Å². The number of rotatable bonds is 7. The highest BCUT2D eigenvalue weighted by Crippen LogP contribution is 2.42. The molecule has 0 N–H and O–H groups in total. The molecule has 0 fully saturated rings. The molecule has 1 aliphatic heterocycles. The lowest BCUT2D eigenvalue weighted by Crippen LogP contribution is -2.45. The van der Waals surface area contributed by atoms with E-state index in [1.54, 1.807) is 4.90 Å². The summed E-state index contributed by atoms with van der Waals surface area (Å²) in [6, 6.07) is 28.3. The summed E-state index contributed by atoms with van der Waals surface area (Å²) >= 11 is 0. The summed E-state index contributed by atoms with van der Waals surface area (Å²) in [4.78, 5) is 28.4. The highest BCUT2D eigenvalue weighted by atomic mass is 16.6. The molecule has 3 unspecified atom stereocenters. The van der Waals surface area contributed by atoms with Crippen LogP contribution in [0.3, 0.4) is 0 Å². The summed E-state index contributed by atoms with van der Waals surface area (Å²) in [6.45, 7) is 12.2. The minimum absolute atomic E-state index is 0.0390. The standard InChI is InChI=1S/C38H43NO5/c1-24(2)29-20-19-27(21-34(29)36(40)42-7)33-22-28(43-35-18-11-10-16-32(33)35)23-39(37(41)44-38(4,5)6)25(3)30-17-12-14-26-13-8-9-15-31(26)30/h8-21,24-25,28,33H,22-23H2,1-7H3. The molecule has 6 nitrogen and oxygen atoms in total. The normalized spacial score (nSPS) is 17.0. The fraction of sp³-hybridized carbons (Fsp3) is 0.368. The summed E-state index contributed by atoms with van der Waals surface area (Å²) in [7, 11) is 1.42.